The monoisotopic (exact) mass is 386 g/mol. The van der Waals surface area contributed by atoms with E-state index in [0.29, 0.717) is 5.95 Å². The fraction of sp³-hybridized carbons (Fsp3) is 0.450. The molecule has 1 aliphatic carbocycles. The molecule has 0 radical (unpaired) electrons. The molecule has 1 heterocycles. The van der Waals surface area contributed by atoms with Crippen molar-refractivity contribution in [1.82, 2.24) is 15.3 Å². The summed E-state index contributed by atoms with van der Waals surface area (Å²) in [4.78, 5) is 23.0. The average molecular weight is 386 g/mol. The Bertz CT molecular complexity index is 820. The third-order valence-electron chi connectivity index (χ3n) is 4.89. The Hall–Kier alpha value is -2.90. The van der Waals surface area contributed by atoms with Crippen LogP contribution in [0.15, 0.2) is 30.5 Å². The number of benzene rings is 1. The minimum absolute atomic E-state index is 0.0705. The van der Waals surface area contributed by atoms with E-state index in [9.17, 15) is 9.18 Å². The van der Waals surface area contributed by atoms with Gasteiger partial charge in [-0.3, -0.25) is 0 Å². The molecule has 28 heavy (non-hydrogen) atoms. The van der Waals surface area contributed by atoms with Crippen molar-refractivity contribution >= 4 is 23.5 Å². The lowest BCUT2D eigenvalue weighted by Gasteiger charge is -2.30. The zero-order valence-corrected chi connectivity index (χ0v) is 16.5. The van der Waals surface area contributed by atoms with Gasteiger partial charge in [0.25, 0.3) is 0 Å². The van der Waals surface area contributed by atoms with E-state index in [1.807, 2.05) is 32.1 Å². The first-order chi connectivity index (χ1) is 13.4. The molecule has 3 N–H and O–H groups in total. The van der Waals surface area contributed by atoms with Crippen molar-refractivity contribution in [3.05, 3.63) is 41.8 Å². The van der Waals surface area contributed by atoms with Gasteiger partial charge in [-0.15, -0.1) is 0 Å². The number of nitrogens with one attached hydrogen (secondary N) is 3. The second-order valence-electron chi connectivity index (χ2n) is 7.37. The van der Waals surface area contributed by atoms with Crippen LogP contribution in [0.3, 0.4) is 0 Å². The molecule has 150 valence electrons. The Morgan fingerprint density at radius 3 is 2.50 bits per heavy atom. The topological polar surface area (TPSA) is 82.2 Å². The van der Waals surface area contributed by atoms with E-state index in [0.717, 1.165) is 37.1 Å². The van der Waals surface area contributed by atoms with E-state index in [1.54, 1.807) is 18.2 Å². The smallest absolute Gasteiger partial charge is 0.319 e. The number of halogens is 1. The highest BCUT2D eigenvalue weighted by atomic mass is 19.1. The minimum atomic E-state index is -0.444. The number of amides is 2. The maximum Gasteiger partial charge on any atom is 0.319 e. The van der Waals surface area contributed by atoms with Gasteiger partial charge in [-0.25, -0.2) is 14.2 Å². The molecule has 1 aliphatic rings. The molecule has 1 aromatic carbocycles. The number of hydrogen-bond acceptors (Lipinski definition) is 5. The van der Waals surface area contributed by atoms with Crippen LogP contribution < -0.4 is 20.9 Å². The third-order valence-corrected chi connectivity index (χ3v) is 4.89. The van der Waals surface area contributed by atoms with Gasteiger partial charge in [0.15, 0.2) is 0 Å². The molecule has 0 bridgehead atoms. The SMILES string of the molecule is Cc1cnc(N[C@H]2CC[C@@H](NC(=O)Nc3ccccc3F)CC2)nc1N(C)C. The Labute approximate surface area is 164 Å². The number of rotatable bonds is 5. The van der Waals surface area contributed by atoms with Crippen molar-refractivity contribution in [2.75, 3.05) is 29.6 Å². The molecule has 2 amide bonds. The van der Waals surface area contributed by atoms with Crippen molar-refractivity contribution in [2.45, 2.75) is 44.7 Å². The summed E-state index contributed by atoms with van der Waals surface area (Å²) in [6.07, 6.45) is 5.31. The summed E-state index contributed by atoms with van der Waals surface area (Å²) in [6, 6.07) is 6.10. The number of para-hydroxylation sites is 1. The lowest BCUT2D eigenvalue weighted by atomic mass is 9.91. The first kappa shape index (κ1) is 19.9. The van der Waals surface area contributed by atoms with Crippen molar-refractivity contribution in [3.8, 4) is 0 Å². The van der Waals surface area contributed by atoms with E-state index in [-0.39, 0.29) is 23.8 Å². The Morgan fingerprint density at radius 1 is 1.14 bits per heavy atom. The van der Waals surface area contributed by atoms with Gasteiger partial charge < -0.3 is 20.9 Å². The van der Waals surface area contributed by atoms with Crippen LogP contribution in [0.5, 0.6) is 0 Å². The molecule has 0 aliphatic heterocycles. The molecule has 1 fully saturated rings. The summed E-state index contributed by atoms with van der Waals surface area (Å²) in [5, 5.41) is 8.89. The van der Waals surface area contributed by atoms with Gasteiger partial charge >= 0.3 is 6.03 Å². The van der Waals surface area contributed by atoms with Crippen molar-refractivity contribution in [1.29, 1.82) is 0 Å². The summed E-state index contributed by atoms with van der Waals surface area (Å²) >= 11 is 0. The van der Waals surface area contributed by atoms with Gasteiger partial charge in [-0.1, -0.05) is 12.1 Å². The molecule has 0 saturated heterocycles. The van der Waals surface area contributed by atoms with Crippen molar-refractivity contribution in [3.63, 3.8) is 0 Å². The van der Waals surface area contributed by atoms with E-state index < -0.39 is 5.82 Å². The lowest BCUT2D eigenvalue weighted by Crippen LogP contribution is -2.42. The number of urea groups is 1. The molecule has 1 aromatic heterocycles. The fourth-order valence-corrected chi connectivity index (χ4v) is 3.43. The molecule has 0 unspecified atom stereocenters. The molecular weight excluding hydrogens is 359 g/mol. The quantitative estimate of drug-likeness (QED) is 0.732. The van der Waals surface area contributed by atoms with Crippen LogP contribution in [-0.4, -0.2) is 42.2 Å². The van der Waals surface area contributed by atoms with Crippen LogP contribution in [0.2, 0.25) is 0 Å². The van der Waals surface area contributed by atoms with Crippen LogP contribution in [0.4, 0.5) is 26.6 Å². The van der Waals surface area contributed by atoms with Crippen molar-refractivity contribution < 1.29 is 9.18 Å². The van der Waals surface area contributed by atoms with E-state index in [2.05, 4.69) is 25.9 Å². The fourth-order valence-electron chi connectivity index (χ4n) is 3.43. The zero-order chi connectivity index (χ0) is 20.1. The summed E-state index contributed by atoms with van der Waals surface area (Å²) in [5.74, 6) is 1.08. The first-order valence-electron chi connectivity index (χ1n) is 9.52. The van der Waals surface area contributed by atoms with Gasteiger partial charge in [-0.2, -0.15) is 4.98 Å². The number of carbonyl (C=O) groups excluding carboxylic acids is 1. The molecular formula is C20H27FN6O. The van der Waals surface area contributed by atoms with Crippen LogP contribution in [0, 0.1) is 12.7 Å². The summed E-state index contributed by atoms with van der Waals surface area (Å²) in [6.45, 7) is 1.99. The second-order valence-corrected chi connectivity index (χ2v) is 7.37. The Morgan fingerprint density at radius 2 is 1.82 bits per heavy atom. The number of carbonyl (C=O) groups is 1. The standard InChI is InChI=1S/C20H27FN6O/c1-13-12-22-19(26-18(13)27(2)3)23-14-8-10-15(11-9-14)24-20(28)25-17-7-5-4-6-16(17)21/h4-7,12,14-15H,8-11H2,1-3H3,(H,22,23,26)(H2,24,25,28)/t14-,15+. The maximum absolute atomic E-state index is 13.6. The number of nitrogens with zero attached hydrogens (tertiary/aromatic N) is 3. The Balaban J connectivity index is 1.47. The predicted molar refractivity (Wildman–Crippen MR) is 109 cm³/mol. The zero-order valence-electron chi connectivity index (χ0n) is 16.5. The molecule has 0 spiro atoms. The highest BCUT2D eigenvalue weighted by molar-refractivity contribution is 5.89. The van der Waals surface area contributed by atoms with E-state index in [4.69, 9.17) is 0 Å². The Kier molecular flexibility index (Phi) is 6.28. The number of hydrogen-bond donors (Lipinski definition) is 3. The number of anilines is 3. The highest BCUT2D eigenvalue weighted by Crippen LogP contribution is 2.23. The van der Waals surface area contributed by atoms with Gasteiger partial charge in [0.05, 0.1) is 5.69 Å². The number of aryl methyl sites for hydroxylation is 1. The molecule has 0 atom stereocenters. The predicted octanol–water partition coefficient (Wildman–Crippen LogP) is 3.53. The lowest BCUT2D eigenvalue weighted by molar-refractivity contribution is 0.243. The van der Waals surface area contributed by atoms with E-state index >= 15 is 0 Å². The third kappa shape index (κ3) is 5.09. The highest BCUT2D eigenvalue weighted by Gasteiger charge is 2.23. The maximum atomic E-state index is 13.6. The summed E-state index contributed by atoms with van der Waals surface area (Å²) < 4.78 is 13.6. The van der Waals surface area contributed by atoms with Gasteiger partial charge in [0.1, 0.15) is 11.6 Å². The van der Waals surface area contributed by atoms with E-state index in [1.165, 1.54) is 6.07 Å². The largest absolute Gasteiger partial charge is 0.362 e. The summed E-state index contributed by atoms with van der Waals surface area (Å²) in [7, 11) is 3.92. The summed E-state index contributed by atoms with van der Waals surface area (Å²) in [5.41, 5.74) is 1.22. The van der Waals surface area contributed by atoms with Gasteiger partial charge in [-0.05, 0) is 44.7 Å². The van der Waals surface area contributed by atoms with Crippen LogP contribution in [0.25, 0.3) is 0 Å². The average Bonchev–Trinajstić information content (AvgIpc) is 2.66. The van der Waals surface area contributed by atoms with Crippen molar-refractivity contribution in [2.24, 2.45) is 0 Å². The van der Waals surface area contributed by atoms with Gasteiger partial charge in [0, 0.05) is 37.9 Å². The second kappa shape index (κ2) is 8.86. The number of aromatic nitrogens is 2. The first-order valence-corrected chi connectivity index (χ1v) is 9.52. The molecule has 2 aromatic rings. The normalized spacial score (nSPS) is 19.0. The minimum Gasteiger partial charge on any atom is -0.362 e. The molecule has 7 nitrogen and oxygen atoms in total. The van der Waals surface area contributed by atoms with Gasteiger partial charge in [0.2, 0.25) is 5.95 Å². The molecule has 3 rings (SSSR count). The van der Waals surface area contributed by atoms with Crippen LogP contribution in [-0.2, 0) is 0 Å². The molecule has 8 heteroatoms. The molecule has 1 saturated carbocycles. The van der Waals surface area contributed by atoms with Crippen LogP contribution >= 0.6 is 0 Å². The van der Waals surface area contributed by atoms with Crippen LogP contribution in [0.1, 0.15) is 31.2 Å².